The Morgan fingerprint density at radius 3 is 2.20 bits per heavy atom. The lowest BCUT2D eigenvalue weighted by molar-refractivity contribution is -0.140. The summed E-state index contributed by atoms with van der Waals surface area (Å²) >= 11 is 0. The molecule has 0 heterocycles. The number of benzene rings is 1. The Balaban J connectivity index is 2.10. The standard InChI is InChI=1S/C16H18O4/c1-2-15(17)19-12-6-7-13-20-16(18)11-10-14-8-4-3-5-9-14/h2-5,8-11H,1,6-7,12-13H2. The SMILES string of the molecule is C=CC(=O)OCCCCOC(=O)C=Cc1ccccc1. The molecule has 4 nitrogen and oxygen atoms in total. The van der Waals surface area contributed by atoms with Crippen LogP contribution in [0.15, 0.2) is 49.1 Å². The molecule has 0 saturated carbocycles. The molecule has 106 valence electrons. The Morgan fingerprint density at radius 2 is 1.60 bits per heavy atom. The highest BCUT2D eigenvalue weighted by molar-refractivity contribution is 5.87. The molecule has 1 aromatic carbocycles. The minimum Gasteiger partial charge on any atom is -0.463 e. The molecule has 4 heteroatoms. The van der Waals surface area contributed by atoms with Crippen molar-refractivity contribution in [1.82, 2.24) is 0 Å². The number of hydrogen-bond donors (Lipinski definition) is 0. The van der Waals surface area contributed by atoms with Gasteiger partial charge in [-0.1, -0.05) is 36.9 Å². The maximum Gasteiger partial charge on any atom is 0.330 e. The van der Waals surface area contributed by atoms with E-state index in [4.69, 9.17) is 9.47 Å². The molecule has 1 aromatic rings. The number of hydrogen-bond acceptors (Lipinski definition) is 4. The Morgan fingerprint density at radius 1 is 1.00 bits per heavy atom. The summed E-state index contributed by atoms with van der Waals surface area (Å²) in [7, 11) is 0. The van der Waals surface area contributed by atoms with Crippen molar-refractivity contribution in [2.45, 2.75) is 12.8 Å². The predicted octanol–water partition coefficient (Wildman–Crippen LogP) is 2.75. The van der Waals surface area contributed by atoms with Crippen LogP contribution in [0.4, 0.5) is 0 Å². The highest BCUT2D eigenvalue weighted by atomic mass is 16.5. The first kappa shape index (κ1) is 15.7. The van der Waals surface area contributed by atoms with Crippen LogP contribution in [0.2, 0.25) is 0 Å². The van der Waals surface area contributed by atoms with Gasteiger partial charge < -0.3 is 9.47 Å². The number of rotatable bonds is 8. The van der Waals surface area contributed by atoms with Gasteiger partial charge in [0, 0.05) is 12.2 Å². The third kappa shape index (κ3) is 7.16. The maximum absolute atomic E-state index is 11.4. The van der Waals surface area contributed by atoms with Gasteiger partial charge in [-0.2, -0.15) is 0 Å². The van der Waals surface area contributed by atoms with Gasteiger partial charge in [0.15, 0.2) is 0 Å². The third-order valence-corrected chi connectivity index (χ3v) is 2.41. The largest absolute Gasteiger partial charge is 0.463 e. The molecule has 0 aliphatic heterocycles. The van der Waals surface area contributed by atoms with E-state index < -0.39 is 5.97 Å². The van der Waals surface area contributed by atoms with Crippen LogP contribution < -0.4 is 0 Å². The van der Waals surface area contributed by atoms with Gasteiger partial charge in [0.1, 0.15) is 0 Å². The molecule has 1 rings (SSSR count). The lowest BCUT2D eigenvalue weighted by Gasteiger charge is -2.03. The first-order chi connectivity index (χ1) is 9.72. The van der Waals surface area contributed by atoms with Gasteiger partial charge in [0.2, 0.25) is 0 Å². The molecule has 0 saturated heterocycles. The summed E-state index contributed by atoms with van der Waals surface area (Å²) in [6.45, 7) is 3.91. The van der Waals surface area contributed by atoms with E-state index in [0.29, 0.717) is 26.1 Å². The van der Waals surface area contributed by atoms with Crippen LogP contribution in [-0.2, 0) is 19.1 Å². The molecule has 0 bridgehead atoms. The topological polar surface area (TPSA) is 52.6 Å². The summed E-state index contributed by atoms with van der Waals surface area (Å²) < 4.78 is 9.80. The predicted molar refractivity (Wildman–Crippen MR) is 76.8 cm³/mol. The highest BCUT2D eigenvalue weighted by Gasteiger charge is 1.98. The quantitative estimate of drug-likeness (QED) is 0.415. The maximum atomic E-state index is 11.4. The number of ether oxygens (including phenoxy) is 2. The molecule has 0 spiro atoms. The first-order valence-corrected chi connectivity index (χ1v) is 6.41. The number of carbonyl (C=O) groups is 2. The average molecular weight is 274 g/mol. The summed E-state index contributed by atoms with van der Waals surface area (Å²) in [6.07, 6.45) is 5.51. The monoisotopic (exact) mass is 274 g/mol. The Labute approximate surface area is 118 Å². The van der Waals surface area contributed by atoms with Gasteiger partial charge in [-0.3, -0.25) is 0 Å². The van der Waals surface area contributed by atoms with E-state index in [2.05, 4.69) is 6.58 Å². The minimum absolute atomic E-state index is 0.308. The average Bonchev–Trinajstić information content (AvgIpc) is 2.49. The second-order valence-corrected chi connectivity index (χ2v) is 3.99. The molecular weight excluding hydrogens is 256 g/mol. The molecule has 0 amide bonds. The van der Waals surface area contributed by atoms with Crippen molar-refractivity contribution in [1.29, 1.82) is 0 Å². The molecule has 0 radical (unpaired) electrons. The lowest BCUT2D eigenvalue weighted by atomic mass is 10.2. The Hall–Kier alpha value is -2.36. The van der Waals surface area contributed by atoms with Crippen LogP contribution in [0.5, 0.6) is 0 Å². The van der Waals surface area contributed by atoms with Crippen molar-refractivity contribution in [3.63, 3.8) is 0 Å². The normalized spacial score (nSPS) is 10.2. The summed E-state index contributed by atoms with van der Waals surface area (Å²) in [5.74, 6) is -0.815. The van der Waals surface area contributed by atoms with Crippen molar-refractivity contribution < 1.29 is 19.1 Å². The van der Waals surface area contributed by atoms with E-state index in [-0.39, 0.29) is 5.97 Å². The molecule has 0 aromatic heterocycles. The zero-order valence-corrected chi connectivity index (χ0v) is 11.3. The zero-order chi connectivity index (χ0) is 14.6. The van der Waals surface area contributed by atoms with Gasteiger partial charge in [-0.15, -0.1) is 0 Å². The Bertz CT molecular complexity index is 463. The van der Waals surface area contributed by atoms with Crippen LogP contribution in [0.1, 0.15) is 18.4 Å². The van der Waals surface area contributed by atoms with E-state index in [9.17, 15) is 9.59 Å². The molecule has 0 aliphatic carbocycles. The third-order valence-electron chi connectivity index (χ3n) is 2.41. The fourth-order valence-corrected chi connectivity index (χ4v) is 1.39. The van der Waals surface area contributed by atoms with Crippen LogP contribution >= 0.6 is 0 Å². The molecule has 0 atom stereocenters. The summed E-state index contributed by atoms with van der Waals surface area (Å²) in [4.78, 5) is 22.1. The van der Waals surface area contributed by atoms with E-state index in [1.54, 1.807) is 6.08 Å². The number of carbonyl (C=O) groups excluding carboxylic acids is 2. The van der Waals surface area contributed by atoms with Gasteiger partial charge in [-0.25, -0.2) is 9.59 Å². The van der Waals surface area contributed by atoms with Gasteiger partial charge >= 0.3 is 11.9 Å². The summed E-state index contributed by atoms with van der Waals surface area (Å²) in [5.41, 5.74) is 0.945. The highest BCUT2D eigenvalue weighted by Crippen LogP contribution is 2.01. The van der Waals surface area contributed by atoms with Crippen LogP contribution in [0, 0.1) is 0 Å². The minimum atomic E-state index is -0.437. The van der Waals surface area contributed by atoms with E-state index in [0.717, 1.165) is 11.6 Å². The molecule has 0 fully saturated rings. The molecule has 0 aliphatic rings. The fraction of sp³-hybridized carbons (Fsp3) is 0.250. The van der Waals surface area contributed by atoms with Crippen LogP contribution in [0.3, 0.4) is 0 Å². The molecule has 0 N–H and O–H groups in total. The van der Waals surface area contributed by atoms with E-state index >= 15 is 0 Å². The summed E-state index contributed by atoms with van der Waals surface area (Å²) in [5, 5.41) is 0. The number of unbranched alkanes of at least 4 members (excludes halogenated alkanes) is 1. The van der Waals surface area contributed by atoms with E-state index in [1.165, 1.54) is 6.08 Å². The second-order valence-electron chi connectivity index (χ2n) is 3.99. The van der Waals surface area contributed by atoms with E-state index in [1.807, 2.05) is 30.3 Å². The fourth-order valence-electron chi connectivity index (χ4n) is 1.39. The zero-order valence-electron chi connectivity index (χ0n) is 11.3. The molecule has 0 unspecified atom stereocenters. The van der Waals surface area contributed by atoms with Crippen LogP contribution in [-0.4, -0.2) is 25.2 Å². The van der Waals surface area contributed by atoms with Gasteiger partial charge in [-0.05, 0) is 24.5 Å². The van der Waals surface area contributed by atoms with Crippen molar-refractivity contribution in [3.8, 4) is 0 Å². The lowest BCUT2D eigenvalue weighted by Crippen LogP contribution is -2.05. The summed E-state index contributed by atoms with van der Waals surface area (Å²) in [6, 6.07) is 9.51. The van der Waals surface area contributed by atoms with Gasteiger partial charge in [0.25, 0.3) is 0 Å². The van der Waals surface area contributed by atoms with Crippen molar-refractivity contribution in [2.75, 3.05) is 13.2 Å². The number of esters is 2. The smallest absolute Gasteiger partial charge is 0.330 e. The van der Waals surface area contributed by atoms with Crippen molar-refractivity contribution in [3.05, 3.63) is 54.6 Å². The Kier molecular flexibility index (Phi) is 7.50. The first-order valence-electron chi connectivity index (χ1n) is 6.41. The second kappa shape index (κ2) is 9.55. The van der Waals surface area contributed by atoms with Crippen LogP contribution in [0.25, 0.3) is 6.08 Å². The molecule has 20 heavy (non-hydrogen) atoms. The van der Waals surface area contributed by atoms with Crippen molar-refractivity contribution in [2.24, 2.45) is 0 Å². The molecular formula is C16H18O4. The van der Waals surface area contributed by atoms with Crippen molar-refractivity contribution >= 4 is 18.0 Å². The van der Waals surface area contributed by atoms with Gasteiger partial charge in [0.05, 0.1) is 13.2 Å².